The summed E-state index contributed by atoms with van der Waals surface area (Å²) in [5, 5.41) is 28.8. The monoisotopic (exact) mass is 378 g/mol. The summed E-state index contributed by atoms with van der Waals surface area (Å²) in [6.45, 7) is 0.471. The van der Waals surface area contributed by atoms with Crippen molar-refractivity contribution >= 4 is 11.0 Å². The minimum absolute atomic E-state index is 0.108. The van der Waals surface area contributed by atoms with Crippen LogP contribution in [-0.2, 0) is 10.9 Å². The van der Waals surface area contributed by atoms with Crippen LogP contribution in [0.25, 0.3) is 11.0 Å². The van der Waals surface area contributed by atoms with E-state index in [1.165, 1.54) is 0 Å². The second-order valence-electron chi connectivity index (χ2n) is 5.97. The van der Waals surface area contributed by atoms with Gasteiger partial charge in [0.25, 0.3) is 5.56 Å². The van der Waals surface area contributed by atoms with E-state index < -0.39 is 65.5 Å². The summed E-state index contributed by atoms with van der Waals surface area (Å²) in [6.07, 6.45) is -10.6. The van der Waals surface area contributed by atoms with Crippen molar-refractivity contribution in [3.05, 3.63) is 39.1 Å². The molecule has 3 rings (SSSR count). The van der Waals surface area contributed by atoms with Gasteiger partial charge in [0.1, 0.15) is 30.1 Å². The molecule has 0 saturated carbocycles. The van der Waals surface area contributed by atoms with Crippen molar-refractivity contribution in [2.45, 2.75) is 37.5 Å². The van der Waals surface area contributed by atoms with E-state index in [0.29, 0.717) is 0 Å². The molecular weight excluding hydrogens is 364 g/mol. The number of aliphatic hydroxyl groups excluding tert-OH is 3. The maximum absolute atomic E-state index is 14.1. The molecule has 0 spiro atoms. The smallest absolute Gasteiger partial charge is 0.394 e. The zero-order chi connectivity index (χ0) is 19.4. The van der Waals surface area contributed by atoms with Gasteiger partial charge >= 0.3 is 6.18 Å². The number of fused-ring (bicyclic) bond motifs is 1. The fraction of sp³-hybridized carbons (Fsp3) is 0.467. The van der Waals surface area contributed by atoms with Gasteiger partial charge in [0.2, 0.25) is 0 Å². The van der Waals surface area contributed by atoms with Gasteiger partial charge in [-0.25, -0.2) is 9.37 Å². The summed E-state index contributed by atoms with van der Waals surface area (Å²) in [5.74, 6) is -1.58. The van der Waals surface area contributed by atoms with Gasteiger partial charge in [-0.05, 0) is 18.6 Å². The van der Waals surface area contributed by atoms with Crippen LogP contribution in [0.1, 0.15) is 22.9 Å². The number of ether oxygens (including phenoxy) is 1. The van der Waals surface area contributed by atoms with Crippen LogP contribution in [0.4, 0.5) is 17.6 Å². The minimum atomic E-state index is -5.04. The van der Waals surface area contributed by atoms with E-state index in [1.54, 1.807) is 0 Å². The van der Waals surface area contributed by atoms with Crippen LogP contribution in [0.3, 0.4) is 0 Å². The fourth-order valence-electron chi connectivity index (χ4n) is 2.92. The third-order valence-electron chi connectivity index (χ3n) is 4.33. The van der Waals surface area contributed by atoms with Crippen LogP contribution >= 0.6 is 0 Å². The summed E-state index contributed by atoms with van der Waals surface area (Å²) in [4.78, 5) is 17.5. The molecule has 4 atom stereocenters. The van der Waals surface area contributed by atoms with Gasteiger partial charge in [-0.15, -0.1) is 0 Å². The standard InChI is InChI=1S/C15H14F4N2O5/c1-4-5-2-6(11-10(24)9(23)7(3-22)26-11)14(25)21-13(5)20-12(8(4)16)15(17,18)19/h2,7,9-11,22-24H,3H2,1H3,(H,20,21,25). The SMILES string of the molecule is Cc1c(F)c(C(F)(F)F)nc2[nH]c(=O)c(C3OC(CO)C(O)C3O)cc12. The molecule has 142 valence electrons. The van der Waals surface area contributed by atoms with Gasteiger partial charge in [-0.3, -0.25) is 4.79 Å². The normalized spacial score (nSPS) is 26.6. The summed E-state index contributed by atoms with van der Waals surface area (Å²) < 4.78 is 57.9. The lowest BCUT2D eigenvalue weighted by molar-refractivity contribution is -0.143. The average Bonchev–Trinajstić information content (AvgIpc) is 2.84. The van der Waals surface area contributed by atoms with Crippen LogP contribution < -0.4 is 5.56 Å². The Morgan fingerprint density at radius 3 is 2.50 bits per heavy atom. The van der Waals surface area contributed by atoms with E-state index in [9.17, 15) is 32.6 Å². The first-order valence-electron chi connectivity index (χ1n) is 7.49. The molecule has 0 amide bonds. The number of aliphatic hydroxyl groups is 3. The van der Waals surface area contributed by atoms with Crippen molar-refractivity contribution in [3.8, 4) is 0 Å². The number of rotatable bonds is 2. The van der Waals surface area contributed by atoms with E-state index in [4.69, 9.17) is 9.84 Å². The molecule has 1 aliphatic rings. The molecule has 4 unspecified atom stereocenters. The number of alkyl halides is 3. The number of aromatic amines is 1. The Morgan fingerprint density at radius 2 is 1.96 bits per heavy atom. The summed E-state index contributed by atoms with van der Waals surface area (Å²) in [7, 11) is 0. The Morgan fingerprint density at radius 1 is 1.31 bits per heavy atom. The van der Waals surface area contributed by atoms with E-state index in [1.807, 2.05) is 0 Å². The largest absolute Gasteiger partial charge is 0.436 e. The van der Waals surface area contributed by atoms with Gasteiger partial charge in [0, 0.05) is 10.9 Å². The van der Waals surface area contributed by atoms with Gasteiger partial charge in [0.15, 0.2) is 11.5 Å². The van der Waals surface area contributed by atoms with Crippen LogP contribution in [0.15, 0.2) is 10.9 Å². The molecule has 0 radical (unpaired) electrons. The highest BCUT2D eigenvalue weighted by Crippen LogP contribution is 2.35. The highest BCUT2D eigenvalue weighted by Gasteiger charge is 2.44. The molecule has 1 aliphatic heterocycles. The molecule has 3 heterocycles. The minimum Gasteiger partial charge on any atom is -0.394 e. The number of aromatic nitrogens is 2. The van der Waals surface area contributed by atoms with Crippen molar-refractivity contribution in [1.82, 2.24) is 9.97 Å². The van der Waals surface area contributed by atoms with Crippen LogP contribution in [0, 0.1) is 12.7 Å². The molecule has 4 N–H and O–H groups in total. The molecule has 2 aromatic rings. The maximum Gasteiger partial charge on any atom is 0.436 e. The molecule has 0 aliphatic carbocycles. The molecule has 7 nitrogen and oxygen atoms in total. The first kappa shape index (κ1) is 18.7. The van der Waals surface area contributed by atoms with Crippen molar-refractivity contribution in [2.75, 3.05) is 6.61 Å². The van der Waals surface area contributed by atoms with Gasteiger partial charge in [-0.1, -0.05) is 0 Å². The number of aryl methyl sites for hydroxylation is 1. The van der Waals surface area contributed by atoms with Crippen molar-refractivity contribution in [3.63, 3.8) is 0 Å². The highest BCUT2D eigenvalue weighted by atomic mass is 19.4. The number of H-pyrrole nitrogens is 1. The first-order valence-corrected chi connectivity index (χ1v) is 7.49. The molecular formula is C15H14F4N2O5. The predicted octanol–water partition coefficient (Wildman–Crippen LogP) is 0.543. The third-order valence-corrected chi connectivity index (χ3v) is 4.33. The maximum atomic E-state index is 14.1. The second-order valence-corrected chi connectivity index (χ2v) is 5.97. The first-order chi connectivity index (χ1) is 12.1. The van der Waals surface area contributed by atoms with E-state index >= 15 is 0 Å². The van der Waals surface area contributed by atoms with Crippen LogP contribution in [-0.4, -0.2) is 50.2 Å². The molecule has 26 heavy (non-hydrogen) atoms. The zero-order valence-electron chi connectivity index (χ0n) is 13.2. The molecule has 2 aromatic heterocycles. The number of pyridine rings is 2. The number of nitrogens with one attached hydrogen (secondary N) is 1. The lowest BCUT2D eigenvalue weighted by Gasteiger charge is -2.16. The number of hydrogen-bond donors (Lipinski definition) is 4. The number of halogens is 4. The van der Waals surface area contributed by atoms with Gasteiger partial charge in [0.05, 0.1) is 6.61 Å². The van der Waals surface area contributed by atoms with E-state index in [0.717, 1.165) is 13.0 Å². The molecule has 1 saturated heterocycles. The van der Waals surface area contributed by atoms with Crippen LogP contribution in [0.5, 0.6) is 0 Å². The Kier molecular flexibility index (Phi) is 4.51. The average molecular weight is 378 g/mol. The summed E-state index contributed by atoms with van der Waals surface area (Å²) >= 11 is 0. The topological polar surface area (TPSA) is 116 Å². The second kappa shape index (κ2) is 6.27. The van der Waals surface area contributed by atoms with Crippen molar-refractivity contribution in [2.24, 2.45) is 0 Å². The summed E-state index contributed by atoms with van der Waals surface area (Å²) in [6, 6.07) is 1.06. The predicted molar refractivity (Wildman–Crippen MR) is 78.8 cm³/mol. The Balaban J connectivity index is 2.18. The lowest BCUT2D eigenvalue weighted by atomic mass is 10.0. The third kappa shape index (κ3) is 2.86. The fourth-order valence-corrected chi connectivity index (χ4v) is 2.92. The zero-order valence-corrected chi connectivity index (χ0v) is 13.2. The Bertz CT molecular complexity index is 914. The highest BCUT2D eigenvalue weighted by molar-refractivity contribution is 5.79. The molecule has 1 fully saturated rings. The number of hydrogen-bond acceptors (Lipinski definition) is 6. The van der Waals surface area contributed by atoms with E-state index in [-0.39, 0.29) is 10.9 Å². The molecule has 11 heteroatoms. The van der Waals surface area contributed by atoms with Crippen molar-refractivity contribution < 1.29 is 37.6 Å². The van der Waals surface area contributed by atoms with Gasteiger partial charge in [-0.2, -0.15) is 13.2 Å². The molecule has 0 aromatic carbocycles. The Labute approximate surface area is 142 Å². The van der Waals surface area contributed by atoms with Crippen molar-refractivity contribution in [1.29, 1.82) is 0 Å². The van der Waals surface area contributed by atoms with Gasteiger partial charge < -0.3 is 25.0 Å². The van der Waals surface area contributed by atoms with Crippen LogP contribution in [0.2, 0.25) is 0 Å². The number of nitrogens with zero attached hydrogens (tertiary/aromatic N) is 1. The lowest BCUT2D eigenvalue weighted by Crippen LogP contribution is -2.33. The summed E-state index contributed by atoms with van der Waals surface area (Å²) in [5.41, 5.74) is -3.77. The molecule has 0 bridgehead atoms. The van der Waals surface area contributed by atoms with E-state index in [2.05, 4.69) is 9.97 Å². The quantitative estimate of drug-likeness (QED) is 0.567. The Hall–Kier alpha value is -2.08.